The molecule has 1 atom stereocenters. The van der Waals surface area contributed by atoms with Crippen LogP contribution in [0.4, 0.5) is 0 Å². The number of hydrogen-bond acceptors (Lipinski definition) is 6. The van der Waals surface area contributed by atoms with Crippen molar-refractivity contribution in [2.75, 3.05) is 6.61 Å². The SMILES string of the molecule is CC(=O)c1ccc(C)n2cc(-c3ccc(CC(CCO)NC(=O)c4ccc(OC(C)C)c(C#N)c4)cc3)nc12. The summed E-state index contributed by atoms with van der Waals surface area (Å²) in [4.78, 5) is 29.7. The predicted octanol–water partition coefficient (Wildman–Crippen LogP) is 4.89. The highest BCUT2D eigenvalue weighted by Crippen LogP contribution is 2.24. The van der Waals surface area contributed by atoms with E-state index in [0.29, 0.717) is 40.9 Å². The molecule has 2 N–H and O–H groups in total. The lowest BCUT2D eigenvalue weighted by molar-refractivity contribution is 0.0929. The van der Waals surface area contributed by atoms with Crippen molar-refractivity contribution in [3.63, 3.8) is 0 Å². The van der Waals surface area contributed by atoms with Crippen molar-refractivity contribution < 1.29 is 19.4 Å². The minimum Gasteiger partial charge on any atom is -0.490 e. The second kappa shape index (κ2) is 11.9. The summed E-state index contributed by atoms with van der Waals surface area (Å²) >= 11 is 0. The number of aromatic nitrogens is 2. The largest absolute Gasteiger partial charge is 0.490 e. The van der Waals surface area contributed by atoms with Crippen molar-refractivity contribution in [1.29, 1.82) is 5.26 Å². The summed E-state index contributed by atoms with van der Waals surface area (Å²) in [5.74, 6) is 0.0847. The van der Waals surface area contributed by atoms with Crippen LogP contribution in [0.1, 0.15) is 64.7 Å². The third-order valence-electron chi connectivity index (χ3n) is 6.47. The van der Waals surface area contributed by atoms with Gasteiger partial charge in [0.15, 0.2) is 5.78 Å². The number of aliphatic hydroxyl groups is 1. The Morgan fingerprint density at radius 1 is 1.13 bits per heavy atom. The number of nitrogens with one attached hydrogen (secondary N) is 1. The lowest BCUT2D eigenvalue weighted by atomic mass is 10.0. The standard InChI is InChI=1S/C31H32N4O4/c1-19(2)39-29-12-10-24(16-25(29)17-32)31(38)33-26(13-14-36)15-22-6-8-23(9-7-22)28-18-35-20(3)5-11-27(21(4)37)30(35)34-28/h5-12,16,18-19,26,36H,13-15H2,1-4H3,(H,33,38). The van der Waals surface area contributed by atoms with Crippen LogP contribution in [0.3, 0.4) is 0 Å². The zero-order chi connectivity index (χ0) is 28.1. The third kappa shape index (κ3) is 6.33. The molecular weight excluding hydrogens is 492 g/mol. The molecule has 4 aromatic rings. The van der Waals surface area contributed by atoms with Gasteiger partial charge in [-0.1, -0.05) is 24.3 Å². The van der Waals surface area contributed by atoms with Crippen LogP contribution in [0, 0.1) is 18.3 Å². The topological polar surface area (TPSA) is 117 Å². The van der Waals surface area contributed by atoms with E-state index in [0.717, 1.165) is 22.5 Å². The smallest absolute Gasteiger partial charge is 0.251 e. The Kier molecular flexibility index (Phi) is 8.43. The predicted molar refractivity (Wildman–Crippen MR) is 149 cm³/mol. The van der Waals surface area contributed by atoms with Crippen molar-refractivity contribution in [3.05, 3.63) is 88.7 Å². The van der Waals surface area contributed by atoms with Gasteiger partial charge in [0.2, 0.25) is 0 Å². The number of nitriles is 1. The van der Waals surface area contributed by atoms with Crippen LogP contribution >= 0.6 is 0 Å². The first-order valence-corrected chi connectivity index (χ1v) is 12.9. The van der Waals surface area contributed by atoms with Gasteiger partial charge in [-0.3, -0.25) is 9.59 Å². The number of amides is 1. The average Bonchev–Trinajstić information content (AvgIpc) is 3.35. The number of Topliss-reactive ketones (excluding diaryl/α,β-unsaturated/α-hetero) is 1. The molecule has 0 aliphatic heterocycles. The molecule has 4 rings (SSSR count). The van der Waals surface area contributed by atoms with Crippen LogP contribution in [0.15, 0.2) is 60.8 Å². The molecule has 39 heavy (non-hydrogen) atoms. The Morgan fingerprint density at radius 3 is 2.51 bits per heavy atom. The number of imidazole rings is 1. The Labute approximate surface area is 227 Å². The van der Waals surface area contributed by atoms with Crippen molar-refractivity contribution in [2.45, 2.75) is 52.7 Å². The summed E-state index contributed by atoms with van der Waals surface area (Å²) in [5.41, 5.74) is 5.50. The zero-order valence-electron chi connectivity index (χ0n) is 22.6. The number of fused-ring (bicyclic) bond motifs is 1. The zero-order valence-corrected chi connectivity index (χ0v) is 22.6. The Morgan fingerprint density at radius 2 is 1.87 bits per heavy atom. The van der Waals surface area contributed by atoms with Gasteiger partial charge in [0.1, 0.15) is 17.5 Å². The van der Waals surface area contributed by atoms with E-state index in [1.807, 2.05) is 61.7 Å². The Balaban J connectivity index is 1.50. The molecule has 0 saturated heterocycles. The molecule has 200 valence electrons. The van der Waals surface area contributed by atoms with Crippen molar-refractivity contribution in [2.24, 2.45) is 0 Å². The molecule has 1 amide bonds. The summed E-state index contributed by atoms with van der Waals surface area (Å²) in [6, 6.07) is 18.1. The summed E-state index contributed by atoms with van der Waals surface area (Å²) < 4.78 is 7.56. The number of carbonyl (C=O) groups excluding carboxylic acids is 2. The fourth-order valence-electron chi connectivity index (χ4n) is 4.47. The van der Waals surface area contributed by atoms with Gasteiger partial charge in [0.25, 0.3) is 5.91 Å². The minimum absolute atomic E-state index is 0.0341. The molecule has 2 aromatic carbocycles. The molecule has 0 aliphatic rings. The average molecular weight is 525 g/mol. The molecule has 2 heterocycles. The number of hydrogen-bond donors (Lipinski definition) is 2. The highest BCUT2D eigenvalue weighted by molar-refractivity contribution is 6.00. The number of ether oxygens (including phenoxy) is 1. The van der Waals surface area contributed by atoms with E-state index in [1.165, 1.54) is 13.0 Å². The van der Waals surface area contributed by atoms with Crippen LogP contribution in [0.5, 0.6) is 5.75 Å². The van der Waals surface area contributed by atoms with Crippen LogP contribution in [-0.2, 0) is 6.42 Å². The maximum Gasteiger partial charge on any atom is 0.251 e. The van der Waals surface area contributed by atoms with Crippen LogP contribution < -0.4 is 10.1 Å². The number of pyridine rings is 1. The van der Waals surface area contributed by atoms with Crippen LogP contribution in [-0.4, -0.2) is 44.9 Å². The van der Waals surface area contributed by atoms with Crippen molar-refractivity contribution >= 4 is 17.3 Å². The number of nitrogens with zero attached hydrogens (tertiary/aromatic N) is 3. The fraction of sp³-hybridized carbons (Fsp3) is 0.290. The number of aliphatic hydroxyl groups excluding tert-OH is 1. The summed E-state index contributed by atoms with van der Waals surface area (Å²) in [5, 5.41) is 22.1. The Bertz CT molecular complexity index is 1550. The molecule has 0 bridgehead atoms. The van der Waals surface area contributed by atoms with Gasteiger partial charge >= 0.3 is 0 Å². The lowest BCUT2D eigenvalue weighted by Gasteiger charge is -2.19. The van der Waals surface area contributed by atoms with Crippen molar-refractivity contribution in [1.82, 2.24) is 14.7 Å². The van der Waals surface area contributed by atoms with Crippen LogP contribution in [0.25, 0.3) is 16.9 Å². The van der Waals surface area contributed by atoms with Crippen molar-refractivity contribution in [3.8, 4) is 23.1 Å². The maximum atomic E-state index is 13.0. The van der Waals surface area contributed by atoms with E-state index < -0.39 is 0 Å². The third-order valence-corrected chi connectivity index (χ3v) is 6.47. The monoisotopic (exact) mass is 524 g/mol. The van der Waals surface area contributed by atoms with E-state index in [-0.39, 0.29) is 30.4 Å². The second-order valence-electron chi connectivity index (χ2n) is 9.84. The normalized spacial score (nSPS) is 11.8. The van der Waals surface area contributed by atoms with E-state index in [9.17, 15) is 20.0 Å². The van der Waals surface area contributed by atoms with E-state index in [2.05, 4.69) is 11.4 Å². The maximum absolute atomic E-state index is 13.0. The number of aryl methyl sites for hydroxylation is 1. The molecule has 0 fully saturated rings. The summed E-state index contributed by atoms with van der Waals surface area (Å²) in [7, 11) is 0. The van der Waals surface area contributed by atoms with Gasteiger partial charge < -0.3 is 19.6 Å². The first kappa shape index (κ1) is 27.6. The van der Waals surface area contributed by atoms with Gasteiger partial charge in [-0.25, -0.2) is 4.98 Å². The molecule has 0 radical (unpaired) electrons. The van der Waals surface area contributed by atoms with Gasteiger partial charge in [0, 0.05) is 35.7 Å². The second-order valence-corrected chi connectivity index (χ2v) is 9.84. The molecule has 2 aromatic heterocycles. The first-order chi connectivity index (χ1) is 18.7. The number of ketones is 1. The lowest BCUT2D eigenvalue weighted by Crippen LogP contribution is -2.37. The van der Waals surface area contributed by atoms with Crippen LogP contribution in [0.2, 0.25) is 0 Å². The molecule has 8 nitrogen and oxygen atoms in total. The minimum atomic E-state index is -0.320. The molecule has 0 spiro atoms. The molecule has 8 heteroatoms. The van der Waals surface area contributed by atoms with Gasteiger partial charge in [-0.2, -0.15) is 5.26 Å². The molecular formula is C31H32N4O4. The fourth-order valence-corrected chi connectivity index (χ4v) is 4.47. The van der Waals surface area contributed by atoms with E-state index >= 15 is 0 Å². The van der Waals surface area contributed by atoms with Gasteiger partial charge in [0.05, 0.1) is 22.9 Å². The summed E-state index contributed by atoms with van der Waals surface area (Å²) in [6.45, 7) is 7.17. The number of rotatable bonds is 10. The summed E-state index contributed by atoms with van der Waals surface area (Å²) in [6.07, 6.45) is 2.73. The first-order valence-electron chi connectivity index (χ1n) is 12.9. The van der Waals surface area contributed by atoms with Gasteiger partial charge in [-0.05, 0) is 76.4 Å². The highest BCUT2D eigenvalue weighted by Gasteiger charge is 2.17. The molecule has 0 aliphatic carbocycles. The van der Waals surface area contributed by atoms with E-state index in [1.54, 1.807) is 18.2 Å². The Hall–Kier alpha value is -4.48. The highest BCUT2D eigenvalue weighted by atomic mass is 16.5. The number of benzene rings is 2. The van der Waals surface area contributed by atoms with Gasteiger partial charge in [-0.15, -0.1) is 0 Å². The number of carbonyl (C=O) groups is 2. The molecule has 1 unspecified atom stereocenters. The van der Waals surface area contributed by atoms with E-state index in [4.69, 9.17) is 9.72 Å². The molecule has 0 saturated carbocycles. The quantitative estimate of drug-likeness (QED) is 0.285.